The number of rotatable bonds is 19. The van der Waals surface area contributed by atoms with Gasteiger partial charge in [0.2, 0.25) is 6.79 Å². The van der Waals surface area contributed by atoms with Crippen LogP contribution in [0.15, 0.2) is 66.7 Å². The van der Waals surface area contributed by atoms with Crippen LogP contribution in [0, 0.1) is 40.5 Å². The summed E-state index contributed by atoms with van der Waals surface area (Å²) < 4.78 is 16.0. The minimum absolute atomic E-state index is 0.00187. The zero-order valence-electron chi connectivity index (χ0n) is 29.7. The van der Waals surface area contributed by atoms with Gasteiger partial charge in [-0.25, -0.2) is 4.79 Å². The predicted octanol–water partition coefficient (Wildman–Crippen LogP) is 6.10. The van der Waals surface area contributed by atoms with Gasteiger partial charge in [0, 0.05) is 47.9 Å². The van der Waals surface area contributed by atoms with Gasteiger partial charge in [-0.15, -0.1) is 0 Å². The normalized spacial score (nSPS) is 13.7. The van der Waals surface area contributed by atoms with Crippen LogP contribution in [0.25, 0.3) is 0 Å². The van der Waals surface area contributed by atoms with E-state index in [2.05, 4.69) is 0 Å². The minimum Gasteiger partial charge on any atom is -0.428 e. The van der Waals surface area contributed by atoms with Crippen LogP contribution < -0.4 is 0 Å². The van der Waals surface area contributed by atoms with Crippen molar-refractivity contribution in [3.05, 3.63) is 124 Å². The molecule has 0 aromatic heterocycles. The number of nitrogens with zero attached hydrogens (tertiary/aromatic N) is 6. The van der Waals surface area contributed by atoms with E-state index in [1.54, 1.807) is 24.3 Å². The number of benzene rings is 3. The molecule has 0 unspecified atom stereocenters. The molecule has 0 N–H and O–H groups in total. The highest BCUT2D eigenvalue weighted by Gasteiger charge is 2.34. The summed E-state index contributed by atoms with van der Waals surface area (Å²) in [7, 11) is 1.88. The van der Waals surface area contributed by atoms with Crippen LogP contribution in [0.4, 0.5) is 27.5 Å². The van der Waals surface area contributed by atoms with Gasteiger partial charge in [0.05, 0.1) is 64.4 Å². The third-order valence-electron chi connectivity index (χ3n) is 9.43. The zero-order valence-corrected chi connectivity index (χ0v) is 29.7. The molecule has 19 heteroatoms. The summed E-state index contributed by atoms with van der Waals surface area (Å²) in [6, 6.07) is 15.8. The second-order valence-corrected chi connectivity index (χ2v) is 13.5. The van der Waals surface area contributed by atoms with Gasteiger partial charge < -0.3 is 23.2 Å². The lowest BCUT2D eigenvalue weighted by Crippen LogP contribution is -2.51. The van der Waals surface area contributed by atoms with E-state index in [4.69, 9.17) is 14.2 Å². The molecule has 3 aromatic carbocycles. The predicted molar refractivity (Wildman–Crippen MR) is 189 cm³/mol. The molecule has 0 aliphatic carbocycles. The van der Waals surface area contributed by atoms with Crippen LogP contribution in [-0.2, 0) is 38.6 Å². The first-order chi connectivity index (χ1) is 25.7. The number of carbonyl (C=O) groups excluding carboxylic acids is 2. The van der Waals surface area contributed by atoms with Crippen molar-refractivity contribution in [2.45, 2.75) is 51.7 Å². The molecule has 288 valence electrons. The smallest absolute Gasteiger partial charge is 0.428 e. The van der Waals surface area contributed by atoms with Crippen molar-refractivity contribution in [3.63, 3.8) is 0 Å². The molecule has 0 atom stereocenters. The quantitative estimate of drug-likeness (QED) is 0.0443. The molecule has 4 rings (SSSR count). The SMILES string of the molecule is C[N+](CCOC(=O)OCOC(=O)CCC[N+]1(Cc2ccc([N+](=O)[O-])cc2[N+](=O)[O-])CCCCC1)(Cc1ccc([N+](=O)[O-])cc1)Cc1ccc([N+](=O)[O-])cc1. The second kappa shape index (κ2) is 18.6. The van der Waals surface area contributed by atoms with Crippen molar-refractivity contribution in [3.8, 4) is 0 Å². The monoisotopic (exact) mass is 754 g/mol. The maximum absolute atomic E-state index is 12.5. The largest absolute Gasteiger partial charge is 0.511 e. The first-order valence-electron chi connectivity index (χ1n) is 17.2. The van der Waals surface area contributed by atoms with Gasteiger partial charge in [-0.3, -0.25) is 45.3 Å². The van der Waals surface area contributed by atoms with Gasteiger partial charge in [-0.1, -0.05) is 0 Å². The highest BCUT2D eigenvalue weighted by molar-refractivity contribution is 5.69. The fourth-order valence-corrected chi connectivity index (χ4v) is 6.68. The molecule has 0 bridgehead atoms. The molecule has 0 saturated carbocycles. The highest BCUT2D eigenvalue weighted by Crippen LogP contribution is 2.31. The van der Waals surface area contributed by atoms with E-state index in [0.29, 0.717) is 36.1 Å². The lowest BCUT2D eigenvalue weighted by atomic mass is 10.0. The van der Waals surface area contributed by atoms with Crippen LogP contribution in [0.3, 0.4) is 0 Å². The summed E-state index contributed by atoms with van der Waals surface area (Å²) in [6.07, 6.45) is 2.13. The second-order valence-electron chi connectivity index (χ2n) is 13.5. The van der Waals surface area contributed by atoms with Gasteiger partial charge in [0.1, 0.15) is 32.8 Å². The molecule has 1 fully saturated rings. The summed E-state index contributed by atoms with van der Waals surface area (Å²) in [6.45, 7) is 2.54. The molecule has 19 nitrogen and oxygen atoms in total. The fraction of sp³-hybridized carbons (Fsp3) is 0.429. The van der Waals surface area contributed by atoms with Crippen molar-refractivity contribution >= 4 is 34.9 Å². The van der Waals surface area contributed by atoms with Gasteiger partial charge in [0.25, 0.3) is 22.7 Å². The van der Waals surface area contributed by atoms with Gasteiger partial charge in [-0.05, 0) is 49.6 Å². The van der Waals surface area contributed by atoms with Crippen molar-refractivity contribution in [1.82, 2.24) is 0 Å². The zero-order chi connectivity index (χ0) is 39.3. The van der Waals surface area contributed by atoms with E-state index in [1.165, 1.54) is 36.4 Å². The number of hydrogen-bond donors (Lipinski definition) is 0. The summed E-state index contributed by atoms with van der Waals surface area (Å²) >= 11 is 0. The molecular formula is C35H42N6O13+2. The molecule has 1 aliphatic rings. The molecule has 0 radical (unpaired) electrons. The van der Waals surface area contributed by atoms with Crippen molar-refractivity contribution in [2.24, 2.45) is 0 Å². The van der Waals surface area contributed by atoms with E-state index in [0.717, 1.165) is 49.5 Å². The topological polar surface area (TPSA) is 234 Å². The number of nitro benzene ring substituents is 4. The van der Waals surface area contributed by atoms with Gasteiger partial charge in [-0.2, -0.15) is 0 Å². The Morgan fingerprint density at radius 3 is 1.76 bits per heavy atom. The van der Waals surface area contributed by atoms with Crippen LogP contribution in [-0.4, -0.2) is 87.4 Å². The number of piperidine rings is 1. The fourth-order valence-electron chi connectivity index (χ4n) is 6.68. The molecule has 3 aromatic rings. The lowest BCUT2D eigenvalue weighted by Gasteiger charge is -2.41. The molecule has 0 spiro atoms. The Labute approximate surface area is 309 Å². The number of esters is 1. The van der Waals surface area contributed by atoms with Crippen LogP contribution in [0.2, 0.25) is 0 Å². The summed E-state index contributed by atoms with van der Waals surface area (Å²) in [5, 5.41) is 45.1. The molecule has 0 amide bonds. The average Bonchev–Trinajstić information content (AvgIpc) is 3.12. The number of carbonyl (C=O) groups is 2. The lowest BCUT2D eigenvalue weighted by molar-refractivity contribution is -0.945. The Hall–Kier alpha value is -6.08. The Balaban J connectivity index is 1.25. The minimum atomic E-state index is -1.07. The van der Waals surface area contributed by atoms with E-state index in [1.807, 2.05) is 7.05 Å². The number of quaternary nitrogens is 2. The molecular weight excluding hydrogens is 712 g/mol. The number of nitro groups is 4. The van der Waals surface area contributed by atoms with E-state index in [-0.39, 0.29) is 53.3 Å². The molecule has 1 heterocycles. The van der Waals surface area contributed by atoms with E-state index in [9.17, 15) is 50.0 Å². The average molecular weight is 755 g/mol. The maximum Gasteiger partial charge on any atom is 0.511 e. The van der Waals surface area contributed by atoms with Crippen LogP contribution in [0.5, 0.6) is 0 Å². The first-order valence-corrected chi connectivity index (χ1v) is 17.2. The van der Waals surface area contributed by atoms with Crippen molar-refractivity contribution in [1.29, 1.82) is 0 Å². The number of hydrogen-bond acceptors (Lipinski definition) is 13. The number of likely N-dealkylation sites (tertiary alicyclic amines) is 1. The van der Waals surface area contributed by atoms with Crippen molar-refractivity contribution in [2.75, 3.05) is 46.6 Å². The van der Waals surface area contributed by atoms with E-state index >= 15 is 0 Å². The van der Waals surface area contributed by atoms with Crippen LogP contribution >= 0.6 is 0 Å². The third-order valence-corrected chi connectivity index (χ3v) is 9.43. The Bertz CT molecular complexity index is 1770. The summed E-state index contributed by atoms with van der Waals surface area (Å²) in [4.78, 5) is 67.6. The molecule has 1 aliphatic heterocycles. The Morgan fingerprint density at radius 2 is 1.24 bits per heavy atom. The number of likely N-dealkylation sites (N-methyl/N-ethyl adjacent to an activating group) is 1. The van der Waals surface area contributed by atoms with Gasteiger partial charge in [0.15, 0.2) is 0 Å². The van der Waals surface area contributed by atoms with Gasteiger partial charge >= 0.3 is 12.1 Å². The summed E-state index contributed by atoms with van der Waals surface area (Å²) in [5.74, 6) is -0.616. The first kappa shape index (κ1) is 40.7. The molecule has 1 saturated heterocycles. The van der Waals surface area contributed by atoms with E-state index < -0.39 is 38.6 Å². The maximum atomic E-state index is 12.5. The van der Waals surface area contributed by atoms with Crippen molar-refractivity contribution < 1.29 is 52.5 Å². The third kappa shape index (κ3) is 12.0. The number of non-ortho nitro benzene ring substituents is 3. The summed E-state index contributed by atoms with van der Waals surface area (Å²) in [5.41, 5.74) is 1.15. The Kier molecular flexibility index (Phi) is 14.0. The van der Waals surface area contributed by atoms with Crippen LogP contribution in [0.1, 0.15) is 48.8 Å². The molecule has 54 heavy (non-hydrogen) atoms. The standard InChI is InChI=1S/C35H42N6O13/c1-40(23-27-7-12-30(13-8-27)36(44)45,24-28-9-14-31(15-10-28)37(46)47)20-21-52-35(43)54-26-53-34(42)6-5-19-41(17-3-2-4-18-41)25-29-11-16-32(38(48)49)22-33(29)39(50)51/h7-16,22H,2-6,17-21,23-26H2,1H3/q+2. The Morgan fingerprint density at radius 1 is 0.704 bits per heavy atom. The number of ether oxygens (including phenoxy) is 3. The highest BCUT2D eigenvalue weighted by atomic mass is 16.8.